The van der Waals surface area contributed by atoms with Crippen LogP contribution in [0.5, 0.6) is 0 Å². The van der Waals surface area contributed by atoms with Crippen LogP contribution in [0.3, 0.4) is 0 Å². The first-order valence-corrected chi connectivity index (χ1v) is 9.67. The van der Waals surface area contributed by atoms with Gasteiger partial charge in [-0.3, -0.25) is 25.0 Å². The zero-order valence-corrected chi connectivity index (χ0v) is 22.9. The van der Waals surface area contributed by atoms with Gasteiger partial charge in [0.15, 0.2) is 5.78 Å². The van der Waals surface area contributed by atoms with Crippen LogP contribution < -0.4 is 103 Å². The van der Waals surface area contributed by atoms with E-state index in [0.717, 1.165) is 0 Å². The van der Waals surface area contributed by atoms with Gasteiger partial charge in [-0.05, 0) is 12.1 Å². The van der Waals surface area contributed by atoms with Gasteiger partial charge in [0.2, 0.25) is 0 Å². The Morgan fingerprint density at radius 1 is 0.667 bits per heavy atom. The molecule has 0 saturated carbocycles. The monoisotopic (exact) mass is 506 g/mol. The van der Waals surface area contributed by atoms with Crippen LogP contribution in [0, 0.1) is 20.2 Å². The quantitative estimate of drug-likeness (QED) is 0.141. The van der Waals surface area contributed by atoms with Crippen LogP contribution in [-0.4, -0.2) is 41.6 Å². The van der Waals surface area contributed by atoms with Gasteiger partial charge in [-0.2, -0.15) is 0 Å². The second kappa shape index (κ2) is 9.47. The third-order valence-corrected chi connectivity index (χ3v) is 5.52. The van der Waals surface area contributed by atoms with E-state index >= 15 is 0 Å². The second-order valence-corrected chi connectivity index (χ2v) is 8.24. The molecular formula is C13H4K2N2O11S2. The summed E-state index contributed by atoms with van der Waals surface area (Å²) in [6.07, 6.45) is 0. The van der Waals surface area contributed by atoms with E-state index in [9.17, 15) is 51.0 Å². The number of fused-ring (bicyclic) bond motifs is 3. The molecule has 1 aliphatic carbocycles. The fourth-order valence-corrected chi connectivity index (χ4v) is 3.84. The van der Waals surface area contributed by atoms with Crippen LogP contribution in [0.25, 0.3) is 11.1 Å². The maximum absolute atomic E-state index is 12.6. The van der Waals surface area contributed by atoms with Gasteiger partial charge >= 0.3 is 103 Å². The van der Waals surface area contributed by atoms with E-state index in [1.54, 1.807) is 0 Å². The van der Waals surface area contributed by atoms with Gasteiger partial charge in [-0.25, -0.2) is 16.8 Å². The van der Waals surface area contributed by atoms with Crippen molar-refractivity contribution < 1.29 is 143 Å². The van der Waals surface area contributed by atoms with E-state index in [0.29, 0.717) is 24.3 Å². The molecule has 0 atom stereocenters. The normalized spacial score (nSPS) is 12.3. The molecule has 30 heavy (non-hydrogen) atoms. The minimum absolute atomic E-state index is 0. The molecule has 2 aromatic rings. The predicted molar refractivity (Wildman–Crippen MR) is 84.5 cm³/mol. The molecule has 0 bridgehead atoms. The van der Waals surface area contributed by atoms with Crippen molar-refractivity contribution in [2.75, 3.05) is 0 Å². The van der Waals surface area contributed by atoms with Crippen LogP contribution in [0.1, 0.15) is 15.9 Å². The topological polar surface area (TPSA) is 218 Å². The van der Waals surface area contributed by atoms with Crippen LogP contribution in [0.2, 0.25) is 0 Å². The summed E-state index contributed by atoms with van der Waals surface area (Å²) in [6.45, 7) is 0. The molecule has 2 aromatic carbocycles. The van der Waals surface area contributed by atoms with Gasteiger partial charge in [0.05, 0.1) is 30.8 Å². The second-order valence-electron chi connectivity index (χ2n) is 5.48. The smallest absolute Gasteiger partial charge is 0.744 e. The molecule has 0 spiro atoms. The molecule has 0 fully saturated rings. The fraction of sp³-hybridized carbons (Fsp3) is 0. The third-order valence-electron chi connectivity index (χ3n) is 3.89. The molecule has 3 rings (SSSR count). The Bertz CT molecular complexity index is 1240. The van der Waals surface area contributed by atoms with Crippen molar-refractivity contribution >= 4 is 37.4 Å². The molecule has 17 heteroatoms. The van der Waals surface area contributed by atoms with Crippen LogP contribution in [-0.2, 0) is 20.2 Å². The average Bonchev–Trinajstić information content (AvgIpc) is 2.84. The number of nitrogens with zero attached hydrogens (tertiary/aromatic N) is 2. The number of carbonyl (C=O) groups excluding carboxylic acids is 1. The van der Waals surface area contributed by atoms with Crippen molar-refractivity contribution in [2.24, 2.45) is 0 Å². The molecule has 13 nitrogen and oxygen atoms in total. The summed E-state index contributed by atoms with van der Waals surface area (Å²) in [6, 6.07) is 1.68. The molecule has 0 saturated heterocycles. The Hall–Kier alpha value is 0.00273. The zero-order chi connectivity index (χ0) is 21.2. The summed E-state index contributed by atoms with van der Waals surface area (Å²) in [5.41, 5.74) is -4.91. The number of carbonyl (C=O) groups is 1. The van der Waals surface area contributed by atoms with E-state index in [2.05, 4.69) is 0 Å². The number of nitro groups is 2. The van der Waals surface area contributed by atoms with Crippen molar-refractivity contribution in [3.8, 4) is 11.1 Å². The van der Waals surface area contributed by atoms with E-state index in [1.807, 2.05) is 0 Å². The molecule has 0 aliphatic heterocycles. The third kappa shape index (κ3) is 4.98. The van der Waals surface area contributed by atoms with Crippen LogP contribution in [0.4, 0.5) is 11.4 Å². The van der Waals surface area contributed by atoms with Gasteiger partial charge in [0.25, 0.3) is 11.4 Å². The number of ketones is 1. The van der Waals surface area contributed by atoms with Crippen molar-refractivity contribution in [1.29, 1.82) is 0 Å². The molecule has 146 valence electrons. The predicted octanol–water partition coefficient (Wildman–Crippen LogP) is -5.47. The Balaban J connectivity index is 0.00000225. The van der Waals surface area contributed by atoms with Gasteiger partial charge in [0, 0.05) is 23.3 Å². The van der Waals surface area contributed by atoms with Gasteiger partial charge in [-0.15, -0.1) is 0 Å². The summed E-state index contributed by atoms with van der Waals surface area (Å²) in [4.78, 5) is 30.7. The van der Waals surface area contributed by atoms with Gasteiger partial charge in [0.1, 0.15) is 20.2 Å². The maximum atomic E-state index is 12.6. The first kappa shape index (κ1) is 28.0. The summed E-state index contributed by atoms with van der Waals surface area (Å²) >= 11 is 0. The standard InChI is InChI=1S/C13H6N2O11S2.2K/c16-13-7-1-5(27(21,22)23)3-9(14(17)18)11(7)12-8(13)2-6(28(24,25)26)4-10(12)15(19)20;;/h1-4H,(H,21,22,23)(H,24,25,26);;/q;2*+1/p-2. The Morgan fingerprint density at radius 2 is 0.967 bits per heavy atom. The van der Waals surface area contributed by atoms with E-state index in [4.69, 9.17) is 0 Å². The maximum Gasteiger partial charge on any atom is 1.00 e. The first-order chi connectivity index (χ1) is 12.7. The van der Waals surface area contributed by atoms with Crippen molar-refractivity contribution in [3.63, 3.8) is 0 Å². The number of benzene rings is 2. The van der Waals surface area contributed by atoms with Crippen molar-refractivity contribution in [3.05, 3.63) is 55.6 Å². The summed E-state index contributed by atoms with van der Waals surface area (Å²) in [7, 11) is -10.5. The SMILES string of the molecule is O=C1c2cc(S(=O)(=O)[O-])cc([N+](=O)[O-])c2-c2c1cc(S(=O)(=O)[O-])cc2[N+](=O)[O-].[K+].[K+]. The number of hydrogen-bond donors (Lipinski definition) is 0. The van der Waals surface area contributed by atoms with E-state index in [1.165, 1.54) is 0 Å². The molecule has 0 unspecified atom stereocenters. The molecule has 0 radical (unpaired) electrons. The molecule has 1 aliphatic rings. The van der Waals surface area contributed by atoms with Crippen molar-refractivity contribution in [1.82, 2.24) is 0 Å². The molecule has 0 aromatic heterocycles. The summed E-state index contributed by atoms with van der Waals surface area (Å²) in [5, 5.41) is 22.7. The Morgan fingerprint density at radius 3 is 1.20 bits per heavy atom. The average molecular weight is 507 g/mol. The molecule has 0 N–H and O–H groups in total. The molecule has 0 amide bonds. The largest absolute Gasteiger partial charge is 1.00 e. The summed E-state index contributed by atoms with van der Waals surface area (Å²) < 4.78 is 67.4. The number of rotatable bonds is 4. The minimum Gasteiger partial charge on any atom is -0.744 e. The van der Waals surface area contributed by atoms with Crippen molar-refractivity contribution in [2.45, 2.75) is 9.79 Å². The number of hydrogen-bond acceptors (Lipinski definition) is 11. The Kier molecular flexibility index (Phi) is 8.85. The summed E-state index contributed by atoms with van der Waals surface area (Å²) in [5.74, 6) is -1.22. The van der Waals surface area contributed by atoms with Crippen LogP contribution >= 0.6 is 0 Å². The fourth-order valence-electron chi connectivity index (χ4n) is 2.81. The van der Waals surface area contributed by atoms with Gasteiger partial charge in [-0.1, -0.05) is 0 Å². The number of nitro benzene ring substituents is 2. The minimum atomic E-state index is -5.24. The van der Waals surface area contributed by atoms with E-state index in [-0.39, 0.29) is 103 Å². The van der Waals surface area contributed by atoms with Gasteiger partial charge < -0.3 is 9.11 Å². The van der Waals surface area contributed by atoms with Crippen LogP contribution in [0.15, 0.2) is 34.1 Å². The molecule has 0 heterocycles. The zero-order valence-electron chi connectivity index (χ0n) is 15.0. The Labute approximate surface area is 252 Å². The molecular weight excluding hydrogens is 502 g/mol. The van der Waals surface area contributed by atoms with E-state index < -0.39 is 79.3 Å². The first-order valence-electron chi connectivity index (χ1n) is 6.85.